The molecular weight excluding hydrogens is 1210 g/mol. The van der Waals surface area contributed by atoms with Gasteiger partial charge in [-0.2, -0.15) is 0 Å². The van der Waals surface area contributed by atoms with Crippen molar-refractivity contribution in [3.05, 3.63) is 0 Å². The van der Waals surface area contributed by atoms with Crippen LogP contribution in [0.3, 0.4) is 0 Å². The van der Waals surface area contributed by atoms with Crippen LogP contribution in [0.5, 0.6) is 0 Å². The number of carbonyl (C=O) groups is 4. The molecule has 17 nitrogen and oxygen atoms in total. The highest BCUT2D eigenvalue weighted by Crippen LogP contribution is 2.45. The van der Waals surface area contributed by atoms with Crippen molar-refractivity contribution in [2.24, 2.45) is 0 Å². The van der Waals surface area contributed by atoms with Gasteiger partial charge in [-0.15, -0.1) is 0 Å². The van der Waals surface area contributed by atoms with Crippen molar-refractivity contribution in [3.8, 4) is 0 Å². The highest BCUT2D eigenvalue weighted by atomic mass is 31.2. The summed E-state index contributed by atoms with van der Waals surface area (Å²) in [4.78, 5) is 72.6. The third-order valence-corrected chi connectivity index (χ3v) is 19.0. The molecule has 5 atom stereocenters. The Morgan fingerprint density at radius 2 is 0.435 bits per heavy atom. The molecule has 546 valence electrons. The van der Waals surface area contributed by atoms with E-state index in [0.717, 1.165) is 89.9 Å². The minimum atomic E-state index is -4.95. The Balaban J connectivity index is 5.22. The summed E-state index contributed by atoms with van der Waals surface area (Å²) in [6.45, 7) is 4.96. The summed E-state index contributed by atoms with van der Waals surface area (Å²) in [7, 11) is -9.90. The molecule has 0 saturated heterocycles. The monoisotopic (exact) mass is 1350 g/mol. The number of aliphatic hydroxyl groups is 1. The van der Waals surface area contributed by atoms with Gasteiger partial charge in [0.1, 0.15) is 19.3 Å². The molecular formula is C73H142O17P2. The van der Waals surface area contributed by atoms with Gasteiger partial charge >= 0.3 is 39.5 Å². The Bertz CT molecular complexity index is 1760. The Morgan fingerprint density at radius 1 is 0.261 bits per heavy atom. The SMILES string of the molecule is CCCCCCCCCCCCCCCCCCCC(=O)O[C@H](COC(=O)CCCCCCCCCCCCCCCCC)COP(=O)(O)OC[C@@H](O)COP(=O)(O)OC[C@@H](COC(=O)CCCCCCCCCCC)OC(=O)CCCCCCCCCCCCC. The van der Waals surface area contributed by atoms with E-state index in [-0.39, 0.29) is 25.7 Å². The molecule has 0 radical (unpaired) electrons. The van der Waals surface area contributed by atoms with Crippen LogP contribution in [-0.4, -0.2) is 96.7 Å². The Kier molecular flexibility index (Phi) is 66.2. The topological polar surface area (TPSA) is 237 Å². The summed E-state index contributed by atoms with van der Waals surface area (Å²) in [6.07, 6.45) is 56.8. The van der Waals surface area contributed by atoms with Gasteiger partial charge in [-0.05, 0) is 25.7 Å². The normalized spacial score (nSPS) is 13.9. The van der Waals surface area contributed by atoms with Crippen molar-refractivity contribution in [1.29, 1.82) is 0 Å². The summed E-state index contributed by atoms with van der Waals surface area (Å²) in [5.74, 6) is -2.12. The maximum absolute atomic E-state index is 13.1. The average molecular weight is 1350 g/mol. The minimum absolute atomic E-state index is 0.107. The lowest BCUT2D eigenvalue weighted by Gasteiger charge is -2.21. The second-order valence-electron chi connectivity index (χ2n) is 26.3. The third-order valence-electron chi connectivity index (χ3n) is 17.1. The highest BCUT2D eigenvalue weighted by Gasteiger charge is 2.30. The van der Waals surface area contributed by atoms with Gasteiger partial charge in [0.2, 0.25) is 0 Å². The molecule has 0 bridgehead atoms. The second kappa shape index (κ2) is 67.6. The molecule has 0 aliphatic rings. The number of phosphoric ester groups is 2. The number of aliphatic hydroxyl groups excluding tert-OH is 1. The number of esters is 4. The van der Waals surface area contributed by atoms with Crippen molar-refractivity contribution in [3.63, 3.8) is 0 Å². The Morgan fingerprint density at radius 3 is 0.641 bits per heavy atom. The van der Waals surface area contributed by atoms with Crippen molar-refractivity contribution in [1.82, 2.24) is 0 Å². The molecule has 0 saturated carbocycles. The molecule has 0 aliphatic carbocycles. The molecule has 2 unspecified atom stereocenters. The van der Waals surface area contributed by atoms with E-state index in [1.54, 1.807) is 0 Å². The molecule has 0 rings (SSSR count). The molecule has 92 heavy (non-hydrogen) atoms. The van der Waals surface area contributed by atoms with Crippen LogP contribution in [0.1, 0.15) is 387 Å². The molecule has 3 N–H and O–H groups in total. The third kappa shape index (κ3) is 66.7. The summed E-state index contributed by atoms with van der Waals surface area (Å²) < 4.78 is 68.4. The van der Waals surface area contributed by atoms with E-state index in [1.807, 2.05) is 0 Å². The molecule has 0 aromatic rings. The molecule has 0 aliphatic heterocycles. The maximum atomic E-state index is 13.1. The number of phosphoric acid groups is 2. The second-order valence-corrected chi connectivity index (χ2v) is 29.2. The molecule has 0 spiro atoms. The largest absolute Gasteiger partial charge is 0.472 e. The van der Waals surface area contributed by atoms with Gasteiger partial charge in [0.25, 0.3) is 0 Å². The number of hydrogen-bond donors (Lipinski definition) is 3. The number of rotatable bonds is 74. The van der Waals surface area contributed by atoms with Crippen LogP contribution in [0.2, 0.25) is 0 Å². The van der Waals surface area contributed by atoms with Crippen LogP contribution in [0.4, 0.5) is 0 Å². The fourth-order valence-corrected chi connectivity index (χ4v) is 12.8. The lowest BCUT2D eigenvalue weighted by atomic mass is 10.0. The standard InChI is InChI=1S/C73H142O17P2/c1-5-9-13-17-21-25-28-30-32-33-35-37-40-44-48-52-56-60-73(78)90-69(64-84-71(76)58-54-50-46-42-39-36-34-31-29-26-22-18-14-10-6-2)66-88-92(81,82)86-62-67(74)61-85-91(79,80)87-65-68(63-83-70(75)57-53-49-45-41-24-20-16-12-8-4)89-72(77)59-55-51-47-43-38-27-23-19-15-11-7-3/h67-69,74H,5-66H2,1-4H3,(H,79,80)(H,81,82)/t67-,68+,69+/m0/s1. The fraction of sp³-hybridized carbons (Fsp3) is 0.945. The molecule has 0 aromatic heterocycles. The highest BCUT2D eigenvalue weighted by molar-refractivity contribution is 7.47. The van der Waals surface area contributed by atoms with Gasteiger partial charge in [-0.25, -0.2) is 9.13 Å². The van der Waals surface area contributed by atoms with E-state index in [9.17, 15) is 43.2 Å². The first kappa shape index (κ1) is 90.1. The number of carbonyl (C=O) groups excluding carboxylic acids is 4. The van der Waals surface area contributed by atoms with Crippen molar-refractivity contribution in [2.45, 2.75) is 406 Å². The van der Waals surface area contributed by atoms with Crippen LogP contribution in [0.15, 0.2) is 0 Å². The number of hydrogen-bond acceptors (Lipinski definition) is 15. The van der Waals surface area contributed by atoms with Gasteiger partial charge in [-0.1, -0.05) is 336 Å². The van der Waals surface area contributed by atoms with Crippen LogP contribution in [0.25, 0.3) is 0 Å². The van der Waals surface area contributed by atoms with E-state index < -0.39 is 97.5 Å². The van der Waals surface area contributed by atoms with Gasteiger partial charge in [-0.3, -0.25) is 37.3 Å². The first-order valence-electron chi connectivity index (χ1n) is 38.3. The lowest BCUT2D eigenvalue weighted by Crippen LogP contribution is -2.30. The summed E-state index contributed by atoms with van der Waals surface area (Å²) in [5, 5.41) is 10.6. The van der Waals surface area contributed by atoms with Crippen LogP contribution in [-0.2, 0) is 65.4 Å². The average Bonchev–Trinajstić information content (AvgIpc) is 2.05. The first-order chi connectivity index (χ1) is 44.7. The number of unbranched alkanes of at least 4 members (excludes halogenated alkanes) is 48. The summed E-state index contributed by atoms with van der Waals surface area (Å²) >= 11 is 0. The van der Waals surface area contributed by atoms with E-state index in [4.69, 9.17) is 37.0 Å². The summed E-state index contributed by atoms with van der Waals surface area (Å²) in [5.41, 5.74) is 0. The van der Waals surface area contributed by atoms with Gasteiger partial charge in [0, 0.05) is 25.7 Å². The zero-order chi connectivity index (χ0) is 67.5. The quantitative estimate of drug-likeness (QED) is 0.0222. The van der Waals surface area contributed by atoms with Crippen LogP contribution in [0, 0.1) is 0 Å². The molecule has 19 heteroatoms. The first-order valence-corrected chi connectivity index (χ1v) is 41.3. The van der Waals surface area contributed by atoms with E-state index in [0.29, 0.717) is 25.7 Å². The lowest BCUT2D eigenvalue weighted by molar-refractivity contribution is -0.161. The van der Waals surface area contributed by atoms with E-state index in [2.05, 4.69) is 27.7 Å². The summed E-state index contributed by atoms with van der Waals surface area (Å²) in [6, 6.07) is 0. The maximum Gasteiger partial charge on any atom is 0.472 e. The predicted molar refractivity (Wildman–Crippen MR) is 372 cm³/mol. The van der Waals surface area contributed by atoms with E-state index in [1.165, 1.54) is 218 Å². The zero-order valence-electron chi connectivity index (χ0n) is 59.5. The van der Waals surface area contributed by atoms with Crippen LogP contribution < -0.4 is 0 Å². The van der Waals surface area contributed by atoms with Crippen molar-refractivity contribution < 1.29 is 80.2 Å². The fourth-order valence-electron chi connectivity index (χ4n) is 11.2. The molecule has 0 heterocycles. The van der Waals surface area contributed by atoms with Gasteiger partial charge in [0.15, 0.2) is 12.2 Å². The van der Waals surface area contributed by atoms with Gasteiger partial charge < -0.3 is 33.8 Å². The van der Waals surface area contributed by atoms with Crippen molar-refractivity contribution in [2.75, 3.05) is 39.6 Å². The van der Waals surface area contributed by atoms with E-state index >= 15 is 0 Å². The molecule has 0 aromatic carbocycles. The smallest absolute Gasteiger partial charge is 0.462 e. The molecule has 0 fully saturated rings. The zero-order valence-corrected chi connectivity index (χ0v) is 61.3. The minimum Gasteiger partial charge on any atom is -0.462 e. The van der Waals surface area contributed by atoms with Gasteiger partial charge in [0.05, 0.1) is 26.4 Å². The Hall–Kier alpha value is -1.94. The predicted octanol–water partition coefficient (Wildman–Crippen LogP) is 21.4. The number of ether oxygens (including phenoxy) is 4. The Labute approximate surface area is 562 Å². The van der Waals surface area contributed by atoms with Crippen LogP contribution >= 0.6 is 15.6 Å². The molecule has 0 amide bonds. The van der Waals surface area contributed by atoms with Crippen molar-refractivity contribution >= 4 is 39.5 Å².